The molecule has 0 radical (unpaired) electrons. The molecule has 1 aliphatic heterocycles. The fourth-order valence-corrected chi connectivity index (χ4v) is 6.11. The first-order valence-electron chi connectivity index (χ1n) is 12.3. The van der Waals surface area contributed by atoms with Crippen LogP contribution in [0.2, 0.25) is 0 Å². The molecule has 7 nitrogen and oxygen atoms in total. The van der Waals surface area contributed by atoms with Gasteiger partial charge in [-0.25, -0.2) is 4.98 Å². The minimum absolute atomic E-state index is 0.0239. The van der Waals surface area contributed by atoms with E-state index < -0.39 is 0 Å². The van der Waals surface area contributed by atoms with Gasteiger partial charge >= 0.3 is 0 Å². The Morgan fingerprint density at radius 3 is 2.35 bits per heavy atom. The second-order valence-corrected chi connectivity index (χ2v) is 10.4. The van der Waals surface area contributed by atoms with E-state index >= 15 is 0 Å². The smallest absolute Gasteiger partial charge is 0.266 e. The molecule has 0 aliphatic carbocycles. The molecule has 5 rings (SSSR count). The zero-order valence-corrected chi connectivity index (χ0v) is 22.4. The number of methoxy groups -OCH3 is 3. The maximum Gasteiger partial charge on any atom is 0.266 e. The lowest BCUT2D eigenvalue weighted by molar-refractivity contribution is 0.0689. The summed E-state index contributed by atoms with van der Waals surface area (Å²) in [6, 6.07) is 15.8. The molecule has 3 heterocycles. The number of piperidine rings is 1. The summed E-state index contributed by atoms with van der Waals surface area (Å²) in [6.07, 6.45) is 2.14. The molecule has 0 spiro atoms. The van der Waals surface area contributed by atoms with E-state index in [1.807, 2.05) is 53.4 Å². The molecule has 1 unspecified atom stereocenters. The highest BCUT2D eigenvalue weighted by molar-refractivity contribution is 7.21. The maximum atomic E-state index is 13.6. The molecule has 1 aliphatic rings. The molecule has 1 atom stereocenters. The monoisotopic (exact) mass is 517 g/mol. The van der Waals surface area contributed by atoms with Crippen LogP contribution >= 0.6 is 11.3 Å². The number of rotatable bonds is 6. The standard InChI is InChI=1S/C29H31N3O4S/c1-17-9-8-12-32(16-17)29(33)27-25(30)24-20(19-13-22(34-2)26(36-4)23(14-19)35-3)15-21(31-28(24)37-27)18-10-6-5-7-11-18/h5-7,10-11,13-15,17H,8-9,12,16,30H2,1-4H3. The molecule has 4 aromatic rings. The summed E-state index contributed by atoms with van der Waals surface area (Å²) in [7, 11) is 4.76. The minimum Gasteiger partial charge on any atom is -0.493 e. The van der Waals surface area contributed by atoms with Crippen LogP contribution < -0.4 is 19.9 Å². The van der Waals surface area contributed by atoms with Crippen LogP contribution in [-0.4, -0.2) is 50.2 Å². The normalized spacial score (nSPS) is 15.6. The van der Waals surface area contributed by atoms with E-state index in [1.165, 1.54) is 11.3 Å². The molecule has 1 saturated heterocycles. The average molecular weight is 518 g/mol. The Morgan fingerprint density at radius 1 is 1.03 bits per heavy atom. The van der Waals surface area contributed by atoms with Crippen LogP contribution in [0.25, 0.3) is 32.6 Å². The molecule has 2 N–H and O–H groups in total. The van der Waals surface area contributed by atoms with E-state index in [4.69, 9.17) is 24.9 Å². The van der Waals surface area contributed by atoms with Crippen molar-refractivity contribution in [3.05, 3.63) is 53.4 Å². The number of fused-ring (bicyclic) bond motifs is 1. The van der Waals surface area contributed by atoms with Gasteiger partial charge in [0.05, 0.1) is 32.7 Å². The highest BCUT2D eigenvalue weighted by Crippen LogP contribution is 2.46. The highest BCUT2D eigenvalue weighted by Gasteiger charge is 2.28. The molecular formula is C29H31N3O4S. The highest BCUT2D eigenvalue weighted by atomic mass is 32.1. The number of nitrogen functional groups attached to an aromatic ring is 1. The lowest BCUT2D eigenvalue weighted by Gasteiger charge is -2.30. The van der Waals surface area contributed by atoms with Crippen molar-refractivity contribution in [3.8, 4) is 39.6 Å². The van der Waals surface area contributed by atoms with Crippen LogP contribution in [-0.2, 0) is 0 Å². The van der Waals surface area contributed by atoms with Crippen molar-refractivity contribution >= 4 is 33.1 Å². The number of carbonyl (C=O) groups excluding carboxylic acids is 1. The van der Waals surface area contributed by atoms with Crippen LogP contribution in [0, 0.1) is 5.92 Å². The quantitative estimate of drug-likeness (QED) is 0.332. The van der Waals surface area contributed by atoms with Gasteiger partial charge in [0.2, 0.25) is 5.75 Å². The number of amides is 1. The van der Waals surface area contributed by atoms with Crippen LogP contribution in [0.1, 0.15) is 29.4 Å². The zero-order valence-electron chi connectivity index (χ0n) is 21.5. The number of hydrogen-bond donors (Lipinski definition) is 1. The van der Waals surface area contributed by atoms with E-state index in [1.54, 1.807) is 21.3 Å². The van der Waals surface area contributed by atoms with Gasteiger partial charge in [0.25, 0.3) is 5.91 Å². The number of aromatic nitrogens is 1. The second-order valence-electron chi connectivity index (χ2n) is 9.36. The van der Waals surface area contributed by atoms with E-state index in [9.17, 15) is 4.79 Å². The zero-order chi connectivity index (χ0) is 26.1. The second kappa shape index (κ2) is 10.3. The Labute approximate surface area is 220 Å². The third-order valence-electron chi connectivity index (χ3n) is 6.88. The molecule has 2 aromatic heterocycles. The average Bonchev–Trinajstić information content (AvgIpc) is 3.27. The van der Waals surface area contributed by atoms with Gasteiger partial charge in [-0.15, -0.1) is 11.3 Å². The first-order chi connectivity index (χ1) is 17.9. The van der Waals surface area contributed by atoms with Crippen molar-refractivity contribution in [3.63, 3.8) is 0 Å². The summed E-state index contributed by atoms with van der Waals surface area (Å²) in [5.74, 6) is 2.04. The lowest BCUT2D eigenvalue weighted by Crippen LogP contribution is -2.39. The summed E-state index contributed by atoms with van der Waals surface area (Å²) in [6.45, 7) is 3.68. The third-order valence-corrected chi connectivity index (χ3v) is 7.97. The molecular weight excluding hydrogens is 486 g/mol. The number of anilines is 1. The van der Waals surface area contributed by atoms with Crippen molar-refractivity contribution in [2.75, 3.05) is 40.2 Å². The number of nitrogens with two attached hydrogens (primary N) is 1. The number of carbonyl (C=O) groups is 1. The summed E-state index contributed by atoms with van der Waals surface area (Å²) in [5.41, 5.74) is 10.6. The van der Waals surface area contributed by atoms with E-state index in [0.717, 1.165) is 58.5 Å². The Balaban J connectivity index is 1.74. The SMILES string of the molecule is COc1cc(-c2cc(-c3ccccc3)nc3sc(C(=O)N4CCCC(C)C4)c(N)c23)cc(OC)c1OC. The van der Waals surface area contributed by atoms with Crippen molar-refractivity contribution in [1.82, 2.24) is 9.88 Å². The molecule has 0 bridgehead atoms. The number of benzene rings is 2. The maximum absolute atomic E-state index is 13.6. The van der Waals surface area contributed by atoms with Crippen molar-refractivity contribution in [2.45, 2.75) is 19.8 Å². The summed E-state index contributed by atoms with van der Waals surface area (Å²) in [5, 5.41) is 0.757. The van der Waals surface area contributed by atoms with Crippen LogP contribution in [0.3, 0.4) is 0 Å². The van der Waals surface area contributed by atoms with Crippen molar-refractivity contribution in [2.24, 2.45) is 5.92 Å². The number of thiophene rings is 1. The van der Waals surface area contributed by atoms with Crippen LogP contribution in [0.15, 0.2) is 48.5 Å². The van der Waals surface area contributed by atoms with E-state index in [0.29, 0.717) is 33.7 Å². The third kappa shape index (κ3) is 4.57. The Bertz CT molecular complexity index is 1430. The first kappa shape index (κ1) is 24.9. The fourth-order valence-electron chi connectivity index (χ4n) is 5.02. The first-order valence-corrected chi connectivity index (χ1v) is 13.1. The van der Waals surface area contributed by atoms with Gasteiger partial charge in [-0.3, -0.25) is 4.79 Å². The van der Waals surface area contributed by atoms with Gasteiger partial charge in [0.1, 0.15) is 9.71 Å². The van der Waals surface area contributed by atoms with Gasteiger partial charge in [-0.05, 0) is 48.1 Å². The van der Waals surface area contributed by atoms with E-state index in [-0.39, 0.29) is 5.91 Å². The largest absolute Gasteiger partial charge is 0.493 e. The van der Waals surface area contributed by atoms with Crippen molar-refractivity contribution in [1.29, 1.82) is 0 Å². The predicted molar refractivity (Wildman–Crippen MR) is 149 cm³/mol. The molecule has 0 saturated carbocycles. The molecule has 1 amide bonds. The summed E-state index contributed by atoms with van der Waals surface area (Å²) >= 11 is 1.36. The summed E-state index contributed by atoms with van der Waals surface area (Å²) in [4.78, 5) is 21.7. The number of likely N-dealkylation sites (tertiary alicyclic amines) is 1. The van der Waals surface area contributed by atoms with Crippen molar-refractivity contribution < 1.29 is 19.0 Å². The van der Waals surface area contributed by atoms with E-state index in [2.05, 4.69) is 6.92 Å². The van der Waals surface area contributed by atoms with Gasteiger partial charge < -0.3 is 24.8 Å². The van der Waals surface area contributed by atoms with Crippen LogP contribution in [0.4, 0.5) is 5.69 Å². The number of hydrogen-bond acceptors (Lipinski definition) is 7. The molecule has 192 valence electrons. The lowest BCUT2D eigenvalue weighted by atomic mass is 9.98. The van der Waals surface area contributed by atoms with Gasteiger partial charge in [-0.2, -0.15) is 0 Å². The summed E-state index contributed by atoms with van der Waals surface area (Å²) < 4.78 is 16.8. The molecule has 8 heteroatoms. The fraction of sp³-hybridized carbons (Fsp3) is 0.310. The Hall–Kier alpha value is -3.78. The minimum atomic E-state index is -0.0239. The molecule has 37 heavy (non-hydrogen) atoms. The Morgan fingerprint density at radius 2 is 1.73 bits per heavy atom. The number of ether oxygens (including phenoxy) is 3. The number of pyridine rings is 1. The van der Waals surface area contributed by atoms with Crippen LogP contribution in [0.5, 0.6) is 17.2 Å². The van der Waals surface area contributed by atoms with Gasteiger partial charge in [0, 0.05) is 24.0 Å². The molecule has 2 aromatic carbocycles. The predicted octanol–water partition coefficient (Wildman–Crippen LogP) is 6.11. The van der Waals surface area contributed by atoms with Gasteiger partial charge in [0.15, 0.2) is 11.5 Å². The number of nitrogens with zero attached hydrogens (tertiary/aromatic N) is 2. The Kier molecular flexibility index (Phi) is 6.93. The topological polar surface area (TPSA) is 86.9 Å². The molecule has 1 fully saturated rings. The van der Waals surface area contributed by atoms with Gasteiger partial charge in [-0.1, -0.05) is 37.3 Å².